The van der Waals surface area contributed by atoms with Crippen LogP contribution in [0.4, 0.5) is 0 Å². The summed E-state index contributed by atoms with van der Waals surface area (Å²) in [6, 6.07) is 0. The third-order valence-electron chi connectivity index (χ3n) is 3.78. The van der Waals surface area contributed by atoms with Gasteiger partial charge in [-0.15, -0.1) is 11.3 Å². The number of hydrogen-bond acceptors (Lipinski definition) is 4. The maximum absolute atomic E-state index is 10.4. The number of aryl methyl sites for hydroxylation is 2. The normalized spacial score (nSPS) is 21.4. The lowest BCUT2D eigenvalue weighted by Gasteiger charge is -2.36. The Bertz CT molecular complexity index is 363. The van der Waals surface area contributed by atoms with E-state index in [1.54, 1.807) is 11.3 Å². The van der Waals surface area contributed by atoms with Crippen LogP contribution in [0.2, 0.25) is 0 Å². The summed E-state index contributed by atoms with van der Waals surface area (Å²) in [5.41, 5.74) is 0.152. The molecule has 17 heavy (non-hydrogen) atoms. The van der Waals surface area contributed by atoms with Crippen LogP contribution in [0.15, 0.2) is 0 Å². The number of aromatic nitrogens is 1. The van der Waals surface area contributed by atoms with Gasteiger partial charge in [0.25, 0.3) is 0 Å². The van der Waals surface area contributed by atoms with Crippen molar-refractivity contribution in [1.29, 1.82) is 0 Å². The molecule has 4 heteroatoms. The second-order valence-corrected chi connectivity index (χ2v) is 6.42. The van der Waals surface area contributed by atoms with Gasteiger partial charge in [-0.2, -0.15) is 0 Å². The second kappa shape index (κ2) is 5.04. The van der Waals surface area contributed by atoms with Crippen LogP contribution in [-0.2, 0) is 6.42 Å². The number of aliphatic hydroxyl groups is 2. The van der Waals surface area contributed by atoms with E-state index in [0.717, 1.165) is 36.4 Å². The molecule has 2 N–H and O–H groups in total. The monoisotopic (exact) mass is 255 g/mol. The van der Waals surface area contributed by atoms with Crippen LogP contribution >= 0.6 is 11.3 Å². The molecule has 1 aliphatic carbocycles. The van der Waals surface area contributed by atoms with Gasteiger partial charge in [-0.25, -0.2) is 4.98 Å². The highest BCUT2D eigenvalue weighted by Crippen LogP contribution is 2.32. The van der Waals surface area contributed by atoms with Gasteiger partial charge in [0.05, 0.1) is 22.4 Å². The molecule has 0 amide bonds. The molecule has 1 atom stereocenters. The molecule has 1 fully saturated rings. The Labute approximate surface area is 107 Å². The van der Waals surface area contributed by atoms with Crippen LogP contribution in [0.25, 0.3) is 0 Å². The maximum Gasteiger partial charge on any atom is 0.0957 e. The quantitative estimate of drug-likeness (QED) is 0.871. The van der Waals surface area contributed by atoms with E-state index in [1.807, 2.05) is 13.8 Å². The van der Waals surface area contributed by atoms with Crippen LogP contribution < -0.4 is 0 Å². The summed E-state index contributed by atoms with van der Waals surface area (Å²) in [4.78, 5) is 5.62. The van der Waals surface area contributed by atoms with Gasteiger partial charge in [-0.1, -0.05) is 19.3 Å². The molecule has 1 unspecified atom stereocenters. The first-order valence-electron chi connectivity index (χ1n) is 6.34. The van der Waals surface area contributed by atoms with E-state index in [4.69, 9.17) is 0 Å². The molecule has 0 spiro atoms. The predicted molar refractivity (Wildman–Crippen MR) is 69.3 cm³/mol. The Kier molecular flexibility index (Phi) is 3.85. The fourth-order valence-electron chi connectivity index (χ4n) is 2.48. The van der Waals surface area contributed by atoms with E-state index >= 15 is 0 Å². The third-order valence-corrected chi connectivity index (χ3v) is 4.88. The lowest BCUT2D eigenvalue weighted by Crippen LogP contribution is -2.45. The lowest BCUT2D eigenvalue weighted by atomic mass is 9.80. The SMILES string of the molecule is Cc1nc(CC(O)C2(O)CCCCC2)sc1C. The fourth-order valence-corrected chi connectivity index (χ4v) is 3.45. The van der Waals surface area contributed by atoms with Gasteiger partial charge in [-0.3, -0.25) is 0 Å². The van der Waals surface area contributed by atoms with Crippen molar-refractivity contribution in [2.75, 3.05) is 0 Å². The van der Waals surface area contributed by atoms with Gasteiger partial charge in [0.15, 0.2) is 0 Å². The molecule has 1 heterocycles. The van der Waals surface area contributed by atoms with Gasteiger partial charge in [0.1, 0.15) is 0 Å². The molecule has 1 aromatic heterocycles. The average Bonchev–Trinajstić information content (AvgIpc) is 2.59. The molecule has 0 aromatic carbocycles. The van der Waals surface area contributed by atoms with Crippen molar-refractivity contribution < 1.29 is 10.2 Å². The van der Waals surface area contributed by atoms with E-state index in [-0.39, 0.29) is 0 Å². The van der Waals surface area contributed by atoms with Crippen LogP contribution in [0.3, 0.4) is 0 Å². The van der Waals surface area contributed by atoms with Gasteiger partial charge in [0, 0.05) is 11.3 Å². The van der Waals surface area contributed by atoms with Crippen molar-refractivity contribution in [2.24, 2.45) is 0 Å². The average molecular weight is 255 g/mol. The zero-order valence-corrected chi connectivity index (χ0v) is 11.4. The van der Waals surface area contributed by atoms with Gasteiger partial charge < -0.3 is 10.2 Å². The third kappa shape index (κ3) is 2.87. The predicted octanol–water partition coefficient (Wildman–Crippen LogP) is 2.36. The Morgan fingerprint density at radius 1 is 1.29 bits per heavy atom. The number of rotatable bonds is 3. The molecular formula is C13H21NO2S. The summed E-state index contributed by atoms with van der Waals surface area (Å²) in [6.07, 6.45) is 4.45. The fraction of sp³-hybridized carbons (Fsp3) is 0.769. The molecule has 0 bridgehead atoms. The summed E-state index contributed by atoms with van der Waals surface area (Å²) in [5.74, 6) is 0. The van der Waals surface area contributed by atoms with Crippen LogP contribution in [-0.4, -0.2) is 26.9 Å². The largest absolute Gasteiger partial charge is 0.390 e. The topological polar surface area (TPSA) is 53.4 Å². The molecule has 0 saturated heterocycles. The van der Waals surface area contributed by atoms with Crippen molar-refractivity contribution in [3.8, 4) is 0 Å². The summed E-state index contributed by atoms with van der Waals surface area (Å²) >= 11 is 1.62. The van der Waals surface area contributed by atoms with Gasteiger partial charge >= 0.3 is 0 Å². The minimum absolute atomic E-state index is 0.482. The highest BCUT2D eigenvalue weighted by molar-refractivity contribution is 7.11. The van der Waals surface area contributed by atoms with Crippen LogP contribution in [0.1, 0.15) is 47.7 Å². The minimum atomic E-state index is -0.883. The first-order chi connectivity index (χ1) is 8.01. The summed E-state index contributed by atoms with van der Waals surface area (Å²) in [5, 5.41) is 21.5. The zero-order chi connectivity index (χ0) is 12.5. The van der Waals surface area contributed by atoms with Crippen molar-refractivity contribution in [1.82, 2.24) is 4.98 Å². The Morgan fingerprint density at radius 2 is 1.94 bits per heavy atom. The standard InChI is InChI=1S/C13H21NO2S/c1-9-10(2)17-12(14-9)8-11(15)13(16)6-4-3-5-7-13/h11,15-16H,3-8H2,1-2H3. The number of nitrogens with zero attached hydrogens (tertiary/aromatic N) is 1. The highest BCUT2D eigenvalue weighted by atomic mass is 32.1. The minimum Gasteiger partial charge on any atom is -0.390 e. The molecule has 1 aliphatic rings. The number of aliphatic hydroxyl groups excluding tert-OH is 1. The van der Waals surface area contributed by atoms with Gasteiger partial charge in [0.2, 0.25) is 0 Å². The number of thiazole rings is 1. The van der Waals surface area contributed by atoms with E-state index in [2.05, 4.69) is 4.98 Å². The lowest BCUT2D eigenvalue weighted by molar-refractivity contribution is -0.0960. The van der Waals surface area contributed by atoms with Crippen LogP contribution in [0.5, 0.6) is 0 Å². The first kappa shape index (κ1) is 13.0. The van der Waals surface area contributed by atoms with Crippen molar-refractivity contribution in [3.05, 3.63) is 15.6 Å². The first-order valence-corrected chi connectivity index (χ1v) is 7.16. The number of hydrogen-bond donors (Lipinski definition) is 2. The molecule has 96 valence electrons. The Hall–Kier alpha value is -0.450. The smallest absolute Gasteiger partial charge is 0.0957 e. The molecular weight excluding hydrogens is 234 g/mol. The van der Waals surface area contributed by atoms with Crippen molar-refractivity contribution in [2.45, 2.75) is 64.1 Å². The van der Waals surface area contributed by atoms with E-state index in [0.29, 0.717) is 6.42 Å². The van der Waals surface area contributed by atoms with Crippen molar-refractivity contribution >= 4 is 11.3 Å². The van der Waals surface area contributed by atoms with E-state index in [9.17, 15) is 10.2 Å². The Morgan fingerprint density at radius 3 is 2.47 bits per heavy atom. The van der Waals surface area contributed by atoms with Crippen LogP contribution in [0, 0.1) is 13.8 Å². The molecule has 3 nitrogen and oxygen atoms in total. The van der Waals surface area contributed by atoms with Gasteiger partial charge in [-0.05, 0) is 26.7 Å². The molecule has 1 saturated carbocycles. The van der Waals surface area contributed by atoms with E-state index < -0.39 is 11.7 Å². The molecule has 0 aliphatic heterocycles. The molecule has 2 rings (SSSR count). The summed E-state index contributed by atoms with van der Waals surface area (Å²) in [6.45, 7) is 4.02. The highest BCUT2D eigenvalue weighted by Gasteiger charge is 2.37. The Balaban J connectivity index is 2.02. The molecule has 1 aromatic rings. The second-order valence-electron chi connectivity index (χ2n) is 5.13. The van der Waals surface area contributed by atoms with Crippen molar-refractivity contribution in [3.63, 3.8) is 0 Å². The molecule has 0 radical (unpaired) electrons. The summed E-state index contributed by atoms with van der Waals surface area (Å²) < 4.78 is 0. The summed E-state index contributed by atoms with van der Waals surface area (Å²) in [7, 11) is 0. The maximum atomic E-state index is 10.4. The zero-order valence-electron chi connectivity index (χ0n) is 10.6. The van der Waals surface area contributed by atoms with E-state index in [1.165, 1.54) is 11.3 Å².